The Bertz CT molecular complexity index is 704. The van der Waals surface area contributed by atoms with Gasteiger partial charge in [-0.05, 0) is 43.3 Å². The van der Waals surface area contributed by atoms with Crippen molar-refractivity contribution in [1.82, 2.24) is 9.88 Å². The van der Waals surface area contributed by atoms with Crippen LogP contribution in [0.3, 0.4) is 0 Å². The smallest absolute Gasteiger partial charge is 0.339 e. The van der Waals surface area contributed by atoms with E-state index in [2.05, 4.69) is 15.2 Å². The van der Waals surface area contributed by atoms with Crippen LogP contribution in [0.5, 0.6) is 0 Å². The lowest BCUT2D eigenvalue weighted by atomic mass is 10.1. The van der Waals surface area contributed by atoms with E-state index in [1.54, 1.807) is 36.7 Å². The van der Waals surface area contributed by atoms with Crippen LogP contribution in [-0.4, -0.2) is 49.0 Å². The van der Waals surface area contributed by atoms with Crippen LogP contribution in [0.2, 0.25) is 0 Å². The van der Waals surface area contributed by atoms with E-state index in [1.165, 1.54) is 12.7 Å². The number of para-hydroxylation sites is 1. The van der Waals surface area contributed by atoms with Crippen LogP contribution < -0.4 is 5.32 Å². The fourth-order valence-corrected chi connectivity index (χ4v) is 2.37. The highest BCUT2D eigenvalue weighted by atomic mass is 16.5. The third kappa shape index (κ3) is 6.00. The zero-order valence-corrected chi connectivity index (χ0v) is 14.6. The first kappa shape index (κ1) is 18.6. The van der Waals surface area contributed by atoms with Crippen molar-refractivity contribution in [2.45, 2.75) is 12.8 Å². The monoisotopic (exact) mass is 341 g/mol. The molecule has 0 aliphatic carbocycles. The molecule has 2 aromatic rings. The van der Waals surface area contributed by atoms with Gasteiger partial charge in [0.2, 0.25) is 5.91 Å². The van der Waals surface area contributed by atoms with Crippen LogP contribution in [0.15, 0.2) is 48.8 Å². The number of carbonyl (C=O) groups is 2. The summed E-state index contributed by atoms with van der Waals surface area (Å²) < 4.78 is 4.73. The normalized spacial score (nSPS) is 10.5. The van der Waals surface area contributed by atoms with Crippen molar-refractivity contribution >= 4 is 17.6 Å². The fourth-order valence-electron chi connectivity index (χ4n) is 2.37. The minimum atomic E-state index is -0.467. The molecule has 1 aromatic heterocycles. The Morgan fingerprint density at radius 2 is 1.84 bits per heavy atom. The number of methoxy groups -OCH3 is 1. The van der Waals surface area contributed by atoms with Crippen molar-refractivity contribution in [3.63, 3.8) is 0 Å². The van der Waals surface area contributed by atoms with Gasteiger partial charge in [-0.15, -0.1) is 0 Å². The van der Waals surface area contributed by atoms with Gasteiger partial charge in [0, 0.05) is 31.9 Å². The quantitative estimate of drug-likeness (QED) is 0.747. The first-order valence-corrected chi connectivity index (χ1v) is 8.15. The molecule has 1 heterocycles. The summed E-state index contributed by atoms with van der Waals surface area (Å²) in [7, 11) is 3.30. The number of rotatable bonds is 8. The van der Waals surface area contributed by atoms with E-state index in [-0.39, 0.29) is 5.91 Å². The molecule has 0 unspecified atom stereocenters. The molecule has 0 saturated heterocycles. The van der Waals surface area contributed by atoms with Crippen molar-refractivity contribution in [2.24, 2.45) is 0 Å². The molecule has 132 valence electrons. The SMILES string of the molecule is COC(=O)c1ccccc1NC(=O)CCN(C)CCc1ccncc1. The number of esters is 1. The molecule has 1 amide bonds. The lowest BCUT2D eigenvalue weighted by Gasteiger charge is -2.16. The Hall–Kier alpha value is -2.73. The van der Waals surface area contributed by atoms with Gasteiger partial charge in [-0.25, -0.2) is 4.79 Å². The molecule has 0 fully saturated rings. The largest absolute Gasteiger partial charge is 0.465 e. The molecule has 6 nitrogen and oxygen atoms in total. The number of anilines is 1. The molecule has 25 heavy (non-hydrogen) atoms. The maximum atomic E-state index is 12.2. The highest BCUT2D eigenvalue weighted by Crippen LogP contribution is 2.16. The van der Waals surface area contributed by atoms with Gasteiger partial charge in [-0.1, -0.05) is 12.1 Å². The topological polar surface area (TPSA) is 71.5 Å². The van der Waals surface area contributed by atoms with Gasteiger partial charge in [0.15, 0.2) is 0 Å². The van der Waals surface area contributed by atoms with Gasteiger partial charge in [-0.2, -0.15) is 0 Å². The van der Waals surface area contributed by atoms with Crippen LogP contribution in [-0.2, 0) is 16.0 Å². The molecule has 1 aromatic carbocycles. The number of benzene rings is 1. The number of ether oxygens (including phenoxy) is 1. The highest BCUT2D eigenvalue weighted by molar-refractivity contribution is 6.01. The van der Waals surface area contributed by atoms with E-state index in [0.29, 0.717) is 24.2 Å². The molecule has 1 N–H and O–H groups in total. The van der Waals surface area contributed by atoms with Crippen LogP contribution in [0, 0.1) is 0 Å². The van der Waals surface area contributed by atoms with Gasteiger partial charge < -0.3 is 15.0 Å². The predicted molar refractivity (Wildman–Crippen MR) is 96.5 cm³/mol. The number of hydrogen-bond acceptors (Lipinski definition) is 5. The van der Waals surface area contributed by atoms with E-state index in [9.17, 15) is 9.59 Å². The minimum Gasteiger partial charge on any atom is -0.465 e. The average Bonchev–Trinajstić information content (AvgIpc) is 2.65. The average molecular weight is 341 g/mol. The van der Waals surface area contributed by atoms with Crippen molar-refractivity contribution in [3.05, 3.63) is 59.9 Å². The molecule has 0 aliphatic rings. The zero-order chi connectivity index (χ0) is 18.1. The predicted octanol–water partition coefficient (Wildman–Crippen LogP) is 2.37. The summed E-state index contributed by atoms with van der Waals surface area (Å²) >= 11 is 0. The van der Waals surface area contributed by atoms with Crippen molar-refractivity contribution in [2.75, 3.05) is 32.6 Å². The molecule has 0 aliphatic heterocycles. The van der Waals surface area contributed by atoms with Crippen LogP contribution in [0.1, 0.15) is 22.3 Å². The number of pyridine rings is 1. The molecular weight excluding hydrogens is 318 g/mol. The summed E-state index contributed by atoms with van der Waals surface area (Å²) in [5.74, 6) is -0.600. The molecule has 0 bridgehead atoms. The standard InChI is InChI=1S/C19H23N3O3/c1-22(13-9-15-7-11-20-12-8-15)14-10-18(23)21-17-6-4-3-5-16(17)19(24)25-2/h3-8,11-12H,9-10,13-14H2,1-2H3,(H,21,23). The van der Waals surface area contributed by atoms with Crippen molar-refractivity contribution < 1.29 is 14.3 Å². The Balaban J connectivity index is 1.80. The Labute approximate surface area is 147 Å². The summed E-state index contributed by atoms with van der Waals surface area (Å²) in [5.41, 5.74) is 2.04. The molecule has 0 radical (unpaired) electrons. The molecule has 0 spiro atoms. The number of nitrogens with one attached hydrogen (secondary N) is 1. The van der Waals surface area contributed by atoms with Gasteiger partial charge in [0.05, 0.1) is 18.4 Å². The first-order valence-electron chi connectivity index (χ1n) is 8.15. The number of likely N-dealkylation sites (N-methyl/N-ethyl adjacent to an activating group) is 1. The third-order valence-electron chi connectivity index (χ3n) is 3.86. The van der Waals surface area contributed by atoms with Gasteiger partial charge in [-0.3, -0.25) is 9.78 Å². The first-order chi connectivity index (χ1) is 12.1. The van der Waals surface area contributed by atoms with Crippen LogP contribution in [0.4, 0.5) is 5.69 Å². The number of aromatic nitrogens is 1. The van der Waals surface area contributed by atoms with E-state index in [4.69, 9.17) is 4.74 Å². The maximum absolute atomic E-state index is 12.2. The minimum absolute atomic E-state index is 0.132. The lowest BCUT2D eigenvalue weighted by molar-refractivity contribution is -0.116. The number of carbonyl (C=O) groups excluding carboxylic acids is 2. The summed E-state index contributed by atoms with van der Waals surface area (Å²) in [6.07, 6.45) is 4.82. The summed E-state index contributed by atoms with van der Waals surface area (Å²) in [4.78, 5) is 30.0. The van der Waals surface area contributed by atoms with Crippen molar-refractivity contribution in [3.8, 4) is 0 Å². The second kappa shape index (κ2) is 9.54. The number of nitrogens with zero attached hydrogens (tertiary/aromatic N) is 2. The number of amides is 1. The lowest BCUT2D eigenvalue weighted by Crippen LogP contribution is -2.26. The van der Waals surface area contributed by atoms with E-state index < -0.39 is 5.97 Å². The summed E-state index contributed by atoms with van der Waals surface area (Å²) in [6.45, 7) is 1.49. The Morgan fingerprint density at radius 1 is 1.12 bits per heavy atom. The van der Waals surface area contributed by atoms with Crippen LogP contribution in [0.25, 0.3) is 0 Å². The Morgan fingerprint density at radius 3 is 2.56 bits per heavy atom. The molecule has 2 rings (SSSR count). The third-order valence-corrected chi connectivity index (χ3v) is 3.86. The molecule has 0 atom stereocenters. The molecule has 6 heteroatoms. The summed E-state index contributed by atoms with van der Waals surface area (Å²) in [6, 6.07) is 10.8. The molecule has 0 saturated carbocycles. The van der Waals surface area contributed by atoms with E-state index >= 15 is 0 Å². The van der Waals surface area contributed by atoms with Gasteiger partial charge in [0.1, 0.15) is 0 Å². The maximum Gasteiger partial charge on any atom is 0.339 e. The summed E-state index contributed by atoms with van der Waals surface area (Å²) in [5, 5.41) is 2.78. The zero-order valence-electron chi connectivity index (χ0n) is 14.6. The molecular formula is C19H23N3O3. The van der Waals surface area contributed by atoms with Gasteiger partial charge in [0.25, 0.3) is 0 Å². The van der Waals surface area contributed by atoms with E-state index in [0.717, 1.165) is 13.0 Å². The van der Waals surface area contributed by atoms with E-state index in [1.807, 2.05) is 19.2 Å². The van der Waals surface area contributed by atoms with Crippen molar-refractivity contribution in [1.29, 1.82) is 0 Å². The Kier molecular flexibility index (Phi) is 7.10. The van der Waals surface area contributed by atoms with Gasteiger partial charge >= 0.3 is 5.97 Å². The number of hydrogen-bond donors (Lipinski definition) is 1. The second-order valence-corrected chi connectivity index (χ2v) is 5.74. The van der Waals surface area contributed by atoms with Crippen LogP contribution >= 0.6 is 0 Å². The second-order valence-electron chi connectivity index (χ2n) is 5.74. The fraction of sp³-hybridized carbons (Fsp3) is 0.316. The highest BCUT2D eigenvalue weighted by Gasteiger charge is 2.13.